The number of benzene rings is 1. The fourth-order valence-corrected chi connectivity index (χ4v) is 6.94. The van der Waals surface area contributed by atoms with Gasteiger partial charge in [-0.2, -0.15) is 4.31 Å². The standard InChI is InChI=1S/C26H27N5O3S/c1-2-19-17-30(18-21-7-3-4-14-27-21)26(32)24-9-5-8-23(19)31(24)35(33,34)22-12-10-20(11-13-22)25-28-15-6-16-29-25/h2-4,6-7,10-16,19,23-24H,1,5,8-9,17-18H2/t19-,23-,24+/m1/s1. The van der Waals surface area contributed by atoms with E-state index >= 15 is 0 Å². The Morgan fingerprint density at radius 2 is 1.71 bits per heavy atom. The molecule has 4 heterocycles. The van der Waals surface area contributed by atoms with E-state index in [9.17, 15) is 13.2 Å². The molecule has 2 fully saturated rings. The highest BCUT2D eigenvalue weighted by molar-refractivity contribution is 7.89. The van der Waals surface area contributed by atoms with Gasteiger partial charge in [0.25, 0.3) is 0 Å². The molecule has 0 aliphatic carbocycles. The summed E-state index contributed by atoms with van der Waals surface area (Å²) in [6.45, 7) is 4.74. The van der Waals surface area contributed by atoms with E-state index in [-0.39, 0.29) is 22.8 Å². The van der Waals surface area contributed by atoms with Crippen LogP contribution in [0.25, 0.3) is 11.4 Å². The third kappa shape index (κ3) is 4.49. The first kappa shape index (κ1) is 23.3. The second-order valence-corrected chi connectivity index (χ2v) is 10.7. The van der Waals surface area contributed by atoms with Crippen molar-refractivity contribution in [3.05, 3.63) is 85.5 Å². The van der Waals surface area contributed by atoms with E-state index in [1.807, 2.05) is 18.2 Å². The van der Waals surface area contributed by atoms with Crippen LogP contribution in [-0.2, 0) is 21.4 Å². The topological polar surface area (TPSA) is 96.4 Å². The van der Waals surface area contributed by atoms with Crippen LogP contribution in [0.1, 0.15) is 25.0 Å². The van der Waals surface area contributed by atoms with Crippen molar-refractivity contribution < 1.29 is 13.2 Å². The highest BCUT2D eigenvalue weighted by Crippen LogP contribution is 2.38. The smallest absolute Gasteiger partial charge is 0.244 e. The number of carbonyl (C=O) groups excluding carboxylic acids is 1. The molecule has 3 aromatic rings. The summed E-state index contributed by atoms with van der Waals surface area (Å²) in [7, 11) is -3.93. The van der Waals surface area contributed by atoms with Crippen molar-refractivity contribution in [3.63, 3.8) is 0 Å². The minimum absolute atomic E-state index is 0.155. The molecule has 8 nitrogen and oxygen atoms in total. The monoisotopic (exact) mass is 489 g/mol. The highest BCUT2D eigenvalue weighted by Gasteiger charge is 2.49. The molecule has 1 aromatic carbocycles. The number of sulfonamides is 1. The van der Waals surface area contributed by atoms with Crippen molar-refractivity contribution in [2.45, 2.75) is 42.8 Å². The van der Waals surface area contributed by atoms with E-state index < -0.39 is 16.1 Å². The number of hydrogen-bond acceptors (Lipinski definition) is 6. The van der Waals surface area contributed by atoms with Crippen molar-refractivity contribution in [2.24, 2.45) is 5.92 Å². The summed E-state index contributed by atoms with van der Waals surface area (Å²) in [5.41, 5.74) is 1.50. The van der Waals surface area contributed by atoms with Gasteiger partial charge < -0.3 is 4.90 Å². The molecule has 0 radical (unpaired) electrons. The van der Waals surface area contributed by atoms with Crippen LogP contribution in [0.15, 0.2) is 84.7 Å². The summed E-state index contributed by atoms with van der Waals surface area (Å²) >= 11 is 0. The predicted molar refractivity (Wildman–Crippen MR) is 131 cm³/mol. The molecule has 2 saturated heterocycles. The minimum Gasteiger partial charge on any atom is -0.335 e. The summed E-state index contributed by atoms with van der Waals surface area (Å²) in [6.07, 6.45) is 8.74. The summed E-state index contributed by atoms with van der Waals surface area (Å²) < 4.78 is 29.4. The van der Waals surface area contributed by atoms with Gasteiger partial charge in [-0.25, -0.2) is 18.4 Å². The van der Waals surface area contributed by atoms with Gasteiger partial charge in [-0.1, -0.05) is 12.1 Å². The van der Waals surface area contributed by atoms with E-state index in [1.165, 1.54) is 4.31 Å². The van der Waals surface area contributed by atoms with Crippen molar-refractivity contribution in [1.82, 2.24) is 24.2 Å². The molecule has 0 saturated carbocycles. The largest absolute Gasteiger partial charge is 0.335 e. The van der Waals surface area contributed by atoms with E-state index in [1.54, 1.807) is 59.9 Å². The first-order chi connectivity index (χ1) is 17.0. The molecular formula is C26H27N5O3S. The van der Waals surface area contributed by atoms with Gasteiger partial charge >= 0.3 is 0 Å². The molecule has 0 unspecified atom stereocenters. The molecule has 0 spiro atoms. The molecule has 1 amide bonds. The Labute approximate surface area is 205 Å². The fourth-order valence-electron chi connectivity index (χ4n) is 5.07. The van der Waals surface area contributed by atoms with Gasteiger partial charge in [0.1, 0.15) is 6.04 Å². The van der Waals surface area contributed by atoms with Crippen LogP contribution in [0.4, 0.5) is 0 Å². The van der Waals surface area contributed by atoms with Gasteiger partial charge in [-0.3, -0.25) is 9.78 Å². The number of rotatable bonds is 6. The number of fused-ring (bicyclic) bond motifs is 2. The van der Waals surface area contributed by atoms with Crippen LogP contribution in [0, 0.1) is 5.92 Å². The molecule has 9 heteroatoms. The second-order valence-electron chi connectivity index (χ2n) is 8.89. The van der Waals surface area contributed by atoms with Gasteiger partial charge in [0, 0.05) is 42.7 Å². The zero-order chi connectivity index (χ0) is 24.4. The molecule has 2 aromatic heterocycles. The van der Waals surface area contributed by atoms with E-state index in [2.05, 4.69) is 21.5 Å². The molecule has 3 atom stereocenters. The molecular weight excluding hydrogens is 462 g/mol. The van der Waals surface area contributed by atoms with Crippen LogP contribution in [0.2, 0.25) is 0 Å². The number of nitrogens with zero attached hydrogens (tertiary/aromatic N) is 5. The third-order valence-corrected chi connectivity index (χ3v) is 8.72. The zero-order valence-electron chi connectivity index (χ0n) is 19.3. The summed E-state index contributed by atoms with van der Waals surface area (Å²) in [5, 5.41) is 0. The summed E-state index contributed by atoms with van der Waals surface area (Å²) in [5.74, 6) is 0.164. The average molecular weight is 490 g/mol. The van der Waals surface area contributed by atoms with Crippen molar-refractivity contribution in [1.29, 1.82) is 0 Å². The minimum atomic E-state index is -3.93. The van der Waals surface area contributed by atoms with Crippen molar-refractivity contribution in [3.8, 4) is 11.4 Å². The predicted octanol–water partition coefficient (Wildman–Crippen LogP) is 3.30. The number of pyridine rings is 1. The van der Waals surface area contributed by atoms with E-state index in [4.69, 9.17) is 0 Å². The van der Waals surface area contributed by atoms with Gasteiger partial charge in [0.05, 0.1) is 17.1 Å². The Hall–Kier alpha value is -3.43. The van der Waals surface area contributed by atoms with Crippen LogP contribution < -0.4 is 0 Å². The second kappa shape index (κ2) is 9.67. The lowest BCUT2D eigenvalue weighted by Gasteiger charge is -2.40. The van der Waals surface area contributed by atoms with Crippen LogP contribution in [0.5, 0.6) is 0 Å². The summed E-state index contributed by atoms with van der Waals surface area (Å²) in [4.78, 5) is 28.4. The van der Waals surface area contributed by atoms with Gasteiger partial charge in [-0.05, 0) is 61.7 Å². The number of amides is 1. The van der Waals surface area contributed by atoms with E-state index in [0.717, 1.165) is 17.7 Å². The van der Waals surface area contributed by atoms with Crippen LogP contribution >= 0.6 is 0 Å². The Balaban J connectivity index is 1.49. The lowest BCUT2D eigenvalue weighted by molar-refractivity contribution is -0.135. The quantitative estimate of drug-likeness (QED) is 0.493. The SMILES string of the molecule is C=C[C@@H]1CN(Cc2ccccn2)C(=O)[C@@H]2CCC[C@H]1N2S(=O)(=O)c1ccc(-c2ncccn2)cc1. The molecule has 5 rings (SSSR count). The fraction of sp³-hybridized carbons (Fsp3) is 0.308. The first-order valence-electron chi connectivity index (χ1n) is 11.7. The van der Waals surface area contributed by atoms with Crippen molar-refractivity contribution in [2.75, 3.05) is 6.54 Å². The highest BCUT2D eigenvalue weighted by atomic mass is 32.2. The molecule has 2 aliphatic rings. The number of piperidine rings is 1. The zero-order valence-corrected chi connectivity index (χ0v) is 20.1. The van der Waals surface area contributed by atoms with Gasteiger partial charge in [0.2, 0.25) is 15.9 Å². The van der Waals surface area contributed by atoms with Crippen LogP contribution in [-0.4, -0.2) is 57.1 Å². The molecule has 0 N–H and O–H groups in total. The van der Waals surface area contributed by atoms with E-state index in [0.29, 0.717) is 31.8 Å². The van der Waals surface area contributed by atoms with Crippen LogP contribution in [0.3, 0.4) is 0 Å². The number of hydrogen-bond donors (Lipinski definition) is 0. The number of aromatic nitrogens is 3. The molecule has 35 heavy (non-hydrogen) atoms. The Morgan fingerprint density at radius 3 is 2.40 bits per heavy atom. The van der Waals surface area contributed by atoms with Gasteiger partial charge in [-0.15, -0.1) is 6.58 Å². The van der Waals surface area contributed by atoms with Crippen molar-refractivity contribution >= 4 is 15.9 Å². The lowest BCUT2D eigenvalue weighted by atomic mass is 9.90. The summed E-state index contributed by atoms with van der Waals surface area (Å²) in [6, 6.07) is 12.8. The Bertz CT molecular complexity index is 1300. The maximum absolute atomic E-state index is 14.0. The third-order valence-electron chi connectivity index (χ3n) is 6.77. The molecule has 180 valence electrons. The maximum Gasteiger partial charge on any atom is 0.244 e. The Morgan fingerprint density at radius 1 is 0.971 bits per heavy atom. The first-order valence-corrected chi connectivity index (χ1v) is 13.2. The maximum atomic E-state index is 14.0. The Kier molecular flexibility index (Phi) is 6.44. The lowest BCUT2D eigenvalue weighted by Crippen LogP contribution is -2.54. The average Bonchev–Trinajstić information content (AvgIpc) is 2.97. The number of carbonyl (C=O) groups is 1. The molecule has 2 bridgehead atoms. The molecule has 2 aliphatic heterocycles. The normalized spacial score (nSPS) is 23.0. The van der Waals surface area contributed by atoms with Gasteiger partial charge in [0.15, 0.2) is 5.82 Å².